The highest BCUT2D eigenvalue weighted by Gasteiger charge is 2.16. The van der Waals surface area contributed by atoms with Gasteiger partial charge >= 0.3 is 0 Å². The standard InChI is InChI=1S/C24H29N7O8/c1-36-23-19-15-17(30(32)33)3-5-21(19)28(26-23)9-13-38-11-7-25-8-12-39-14-10-29-22-6-4-18(31(34)35)16-20(22)24(27-29)37-2/h3-6,15-16,25H,7-14H2,1-2H3. The van der Waals surface area contributed by atoms with Crippen molar-refractivity contribution in [3.63, 3.8) is 0 Å². The summed E-state index contributed by atoms with van der Waals surface area (Å²) in [6, 6.07) is 9.09. The van der Waals surface area contributed by atoms with E-state index in [1.54, 1.807) is 21.5 Å². The number of non-ortho nitro benzene ring substituents is 2. The summed E-state index contributed by atoms with van der Waals surface area (Å²) in [6.07, 6.45) is 0. The Kier molecular flexibility index (Phi) is 9.19. The molecule has 0 unspecified atom stereocenters. The predicted octanol–water partition coefficient (Wildman–Crippen LogP) is 2.54. The van der Waals surface area contributed by atoms with Gasteiger partial charge in [-0.15, -0.1) is 10.2 Å². The van der Waals surface area contributed by atoms with Gasteiger partial charge in [-0.3, -0.25) is 29.6 Å². The minimum absolute atomic E-state index is 0.0185. The third kappa shape index (κ3) is 6.57. The van der Waals surface area contributed by atoms with Crippen molar-refractivity contribution in [3.05, 3.63) is 56.6 Å². The van der Waals surface area contributed by atoms with Crippen LogP contribution in [0.3, 0.4) is 0 Å². The maximum atomic E-state index is 11.0. The van der Waals surface area contributed by atoms with Crippen LogP contribution in [0.1, 0.15) is 0 Å². The Bertz CT molecular complexity index is 1340. The molecule has 1 N–H and O–H groups in total. The second-order valence-electron chi connectivity index (χ2n) is 8.36. The number of nitrogens with one attached hydrogen (secondary N) is 1. The Balaban J connectivity index is 1.12. The molecule has 0 spiro atoms. The second kappa shape index (κ2) is 12.9. The molecule has 208 valence electrons. The van der Waals surface area contributed by atoms with Crippen molar-refractivity contribution in [2.24, 2.45) is 0 Å². The lowest BCUT2D eigenvalue weighted by atomic mass is 10.2. The van der Waals surface area contributed by atoms with E-state index in [0.717, 1.165) is 11.0 Å². The summed E-state index contributed by atoms with van der Waals surface area (Å²) in [7, 11) is 2.95. The van der Waals surface area contributed by atoms with Gasteiger partial charge in [-0.05, 0) is 12.1 Å². The minimum Gasteiger partial charge on any atom is -0.479 e. The number of methoxy groups -OCH3 is 2. The molecule has 39 heavy (non-hydrogen) atoms. The van der Waals surface area contributed by atoms with Gasteiger partial charge in [0.05, 0.1) is 85.4 Å². The molecule has 0 fully saturated rings. The molecule has 0 atom stereocenters. The molecule has 0 saturated carbocycles. The van der Waals surface area contributed by atoms with Crippen LogP contribution in [-0.4, -0.2) is 83.1 Å². The molecule has 15 nitrogen and oxygen atoms in total. The Hall–Kier alpha value is -4.34. The van der Waals surface area contributed by atoms with Crippen LogP contribution in [0.4, 0.5) is 11.4 Å². The van der Waals surface area contributed by atoms with Crippen molar-refractivity contribution >= 4 is 33.2 Å². The summed E-state index contributed by atoms with van der Waals surface area (Å²) in [5.74, 6) is 0.665. The number of fused-ring (bicyclic) bond motifs is 2. The van der Waals surface area contributed by atoms with Gasteiger partial charge in [-0.25, -0.2) is 0 Å². The van der Waals surface area contributed by atoms with E-state index in [9.17, 15) is 20.2 Å². The zero-order valence-corrected chi connectivity index (χ0v) is 21.6. The number of benzene rings is 2. The topological polar surface area (TPSA) is 171 Å². The molecule has 0 aliphatic carbocycles. The number of nitro groups is 2. The van der Waals surface area contributed by atoms with E-state index in [0.29, 0.717) is 75.1 Å². The molecule has 0 radical (unpaired) electrons. The van der Waals surface area contributed by atoms with E-state index in [2.05, 4.69) is 15.5 Å². The fraction of sp³-hybridized carbons (Fsp3) is 0.417. The number of aromatic nitrogens is 4. The molecule has 4 rings (SSSR count). The maximum absolute atomic E-state index is 11.0. The van der Waals surface area contributed by atoms with Crippen LogP contribution in [0.2, 0.25) is 0 Å². The summed E-state index contributed by atoms with van der Waals surface area (Å²) in [5, 5.41) is 35.2. The van der Waals surface area contributed by atoms with Gasteiger partial charge in [0.25, 0.3) is 11.4 Å². The lowest BCUT2D eigenvalue weighted by molar-refractivity contribution is -0.384. The second-order valence-corrected chi connectivity index (χ2v) is 8.36. The molecule has 15 heteroatoms. The summed E-state index contributed by atoms with van der Waals surface area (Å²) in [4.78, 5) is 21.2. The molecule has 0 amide bonds. The molecule has 2 aromatic carbocycles. The van der Waals surface area contributed by atoms with Crippen LogP contribution < -0.4 is 14.8 Å². The normalized spacial score (nSPS) is 11.3. The third-order valence-electron chi connectivity index (χ3n) is 5.95. The van der Waals surface area contributed by atoms with E-state index in [4.69, 9.17) is 18.9 Å². The van der Waals surface area contributed by atoms with Gasteiger partial charge < -0.3 is 24.3 Å². The molecular formula is C24H29N7O8. The molecule has 2 aromatic heterocycles. The summed E-state index contributed by atoms with van der Waals surface area (Å²) >= 11 is 0. The number of nitrogens with zero attached hydrogens (tertiary/aromatic N) is 6. The van der Waals surface area contributed by atoms with Gasteiger partial charge in [0.1, 0.15) is 0 Å². The lowest BCUT2D eigenvalue weighted by Gasteiger charge is -2.08. The third-order valence-corrected chi connectivity index (χ3v) is 5.95. The van der Waals surface area contributed by atoms with Gasteiger partial charge in [0.2, 0.25) is 11.8 Å². The van der Waals surface area contributed by atoms with Crippen molar-refractivity contribution in [3.8, 4) is 11.8 Å². The SMILES string of the molecule is COc1nn(CCOCCNCCOCCn2nc(OC)c3cc([N+](=O)[O-])ccc32)c2ccc([N+](=O)[O-])cc12. The Morgan fingerprint density at radius 3 is 1.56 bits per heavy atom. The summed E-state index contributed by atoms with van der Waals surface area (Å²) < 4.78 is 25.3. The van der Waals surface area contributed by atoms with Gasteiger partial charge in [-0.1, -0.05) is 0 Å². The maximum Gasteiger partial charge on any atom is 0.270 e. The monoisotopic (exact) mass is 543 g/mol. The smallest absolute Gasteiger partial charge is 0.270 e. The summed E-state index contributed by atoms with van der Waals surface area (Å²) in [5.41, 5.74) is 1.43. The first-order valence-electron chi connectivity index (χ1n) is 12.2. The number of hydrogen-bond donors (Lipinski definition) is 1. The van der Waals surface area contributed by atoms with Crippen molar-refractivity contribution in [2.45, 2.75) is 13.1 Å². The van der Waals surface area contributed by atoms with E-state index in [1.807, 2.05) is 0 Å². The van der Waals surface area contributed by atoms with Crippen molar-refractivity contribution in [2.75, 3.05) is 53.7 Å². The average Bonchev–Trinajstić information content (AvgIpc) is 3.48. The van der Waals surface area contributed by atoms with Gasteiger partial charge in [-0.2, -0.15) is 0 Å². The zero-order valence-electron chi connectivity index (χ0n) is 21.6. The lowest BCUT2D eigenvalue weighted by Crippen LogP contribution is -2.25. The molecule has 0 saturated heterocycles. The van der Waals surface area contributed by atoms with Crippen molar-refractivity contribution in [1.82, 2.24) is 24.9 Å². The molecular weight excluding hydrogens is 514 g/mol. The van der Waals surface area contributed by atoms with Crippen LogP contribution in [0.15, 0.2) is 36.4 Å². The Morgan fingerprint density at radius 1 is 0.744 bits per heavy atom. The first-order chi connectivity index (χ1) is 18.9. The first kappa shape index (κ1) is 27.7. The van der Waals surface area contributed by atoms with Gasteiger partial charge in [0, 0.05) is 37.4 Å². The Labute approximate surface area is 222 Å². The Morgan fingerprint density at radius 2 is 1.18 bits per heavy atom. The van der Waals surface area contributed by atoms with Crippen LogP contribution in [0.25, 0.3) is 21.8 Å². The highest BCUT2D eigenvalue weighted by Crippen LogP contribution is 2.29. The van der Waals surface area contributed by atoms with Gasteiger partial charge in [0.15, 0.2) is 0 Å². The first-order valence-corrected chi connectivity index (χ1v) is 12.2. The van der Waals surface area contributed by atoms with Crippen LogP contribution in [-0.2, 0) is 22.6 Å². The van der Waals surface area contributed by atoms with E-state index in [-0.39, 0.29) is 11.4 Å². The molecule has 0 bridgehead atoms. The molecule has 2 heterocycles. The average molecular weight is 544 g/mol. The van der Waals surface area contributed by atoms with Crippen molar-refractivity contribution in [1.29, 1.82) is 0 Å². The van der Waals surface area contributed by atoms with Crippen LogP contribution >= 0.6 is 0 Å². The van der Waals surface area contributed by atoms with Crippen LogP contribution in [0, 0.1) is 20.2 Å². The van der Waals surface area contributed by atoms with E-state index < -0.39 is 9.85 Å². The highest BCUT2D eigenvalue weighted by atomic mass is 16.6. The largest absolute Gasteiger partial charge is 0.479 e. The zero-order chi connectivity index (χ0) is 27.8. The number of nitro benzene ring substituents is 2. The molecule has 4 aromatic rings. The fourth-order valence-corrected chi connectivity index (χ4v) is 4.06. The highest BCUT2D eigenvalue weighted by molar-refractivity contribution is 5.87. The van der Waals surface area contributed by atoms with E-state index >= 15 is 0 Å². The molecule has 0 aliphatic rings. The van der Waals surface area contributed by atoms with Crippen LogP contribution in [0.5, 0.6) is 11.8 Å². The quantitative estimate of drug-likeness (QED) is 0.125. The number of ether oxygens (including phenoxy) is 4. The van der Waals surface area contributed by atoms with E-state index in [1.165, 1.54) is 38.5 Å². The minimum atomic E-state index is -0.451. The molecule has 0 aliphatic heterocycles. The predicted molar refractivity (Wildman–Crippen MR) is 140 cm³/mol. The number of hydrogen-bond acceptors (Lipinski definition) is 11. The van der Waals surface area contributed by atoms with Crippen molar-refractivity contribution < 1.29 is 28.8 Å². The summed E-state index contributed by atoms with van der Waals surface area (Å²) in [6.45, 7) is 4.04. The number of rotatable bonds is 16. The fourth-order valence-electron chi connectivity index (χ4n) is 4.06.